The fourth-order valence-electron chi connectivity index (χ4n) is 1.93. The topological polar surface area (TPSA) is 55.1 Å². The quantitative estimate of drug-likeness (QED) is 0.753. The lowest BCUT2D eigenvalue weighted by Gasteiger charge is -2.12. The summed E-state index contributed by atoms with van der Waals surface area (Å²) >= 11 is 0. The number of carbonyl (C=O) groups is 1. The highest BCUT2D eigenvalue weighted by atomic mass is 16.2. The summed E-state index contributed by atoms with van der Waals surface area (Å²) in [6, 6.07) is 7.65. The Morgan fingerprint density at radius 1 is 1.16 bits per heavy atom. The molecule has 0 aliphatic carbocycles. The molecule has 0 heterocycles. The second kappa shape index (κ2) is 8.70. The highest BCUT2D eigenvalue weighted by Gasteiger charge is 2.12. The third-order valence-electron chi connectivity index (χ3n) is 3.25. The number of hydrogen-bond donors (Lipinski definition) is 2. The molecule has 1 aromatic rings. The molecule has 19 heavy (non-hydrogen) atoms. The molecule has 3 N–H and O–H groups in total. The van der Waals surface area contributed by atoms with Crippen molar-refractivity contribution >= 4 is 11.6 Å². The van der Waals surface area contributed by atoms with Crippen LogP contribution in [0.25, 0.3) is 0 Å². The molecule has 0 radical (unpaired) electrons. The number of aryl methyl sites for hydroxylation is 1. The van der Waals surface area contributed by atoms with Crippen LogP contribution in [0.1, 0.15) is 51.5 Å². The Labute approximate surface area is 116 Å². The Morgan fingerprint density at radius 3 is 2.37 bits per heavy atom. The highest BCUT2D eigenvalue weighted by molar-refractivity contribution is 5.94. The van der Waals surface area contributed by atoms with Crippen molar-refractivity contribution in [3.63, 3.8) is 0 Å². The van der Waals surface area contributed by atoms with Gasteiger partial charge in [0.25, 0.3) is 0 Å². The van der Waals surface area contributed by atoms with E-state index in [4.69, 9.17) is 5.73 Å². The van der Waals surface area contributed by atoms with Crippen molar-refractivity contribution in [1.82, 2.24) is 0 Å². The summed E-state index contributed by atoms with van der Waals surface area (Å²) in [6.07, 6.45) is 6.30. The maximum Gasteiger partial charge on any atom is 0.241 e. The van der Waals surface area contributed by atoms with Crippen molar-refractivity contribution in [2.45, 2.75) is 58.4 Å². The molecule has 0 saturated heterocycles. The fourth-order valence-corrected chi connectivity index (χ4v) is 1.93. The van der Waals surface area contributed by atoms with Crippen molar-refractivity contribution in [2.75, 3.05) is 5.32 Å². The first-order valence-corrected chi connectivity index (χ1v) is 7.32. The van der Waals surface area contributed by atoms with Crippen LogP contribution < -0.4 is 11.1 Å². The summed E-state index contributed by atoms with van der Waals surface area (Å²) in [4.78, 5) is 11.8. The number of benzene rings is 1. The van der Waals surface area contributed by atoms with Crippen LogP contribution in [0.4, 0.5) is 5.69 Å². The third kappa shape index (κ3) is 5.88. The van der Waals surface area contributed by atoms with Crippen LogP contribution in [0, 0.1) is 0 Å². The van der Waals surface area contributed by atoms with E-state index in [1.807, 2.05) is 12.1 Å². The van der Waals surface area contributed by atoms with Gasteiger partial charge >= 0.3 is 0 Å². The van der Waals surface area contributed by atoms with Crippen molar-refractivity contribution in [3.05, 3.63) is 29.8 Å². The highest BCUT2D eigenvalue weighted by Crippen LogP contribution is 2.12. The molecule has 0 aromatic heterocycles. The lowest BCUT2D eigenvalue weighted by molar-refractivity contribution is -0.117. The van der Waals surface area contributed by atoms with Gasteiger partial charge in [-0.2, -0.15) is 0 Å². The van der Waals surface area contributed by atoms with E-state index in [1.165, 1.54) is 18.4 Å². The van der Waals surface area contributed by atoms with Crippen LogP contribution >= 0.6 is 0 Å². The van der Waals surface area contributed by atoms with Gasteiger partial charge < -0.3 is 11.1 Å². The molecule has 0 spiro atoms. The Bertz CT molecular complexity index is 373. The van der Waals surface area contributed by atoms with E-state index < -0.39 is 6.04 Å². The molecule has 0 fully saturated rings. The van der Waals surface area contributed by atoms with Gasteiger partial charge in [0.2, 0.25) is 5.91 Å². The summed E-state index contributed by atoms with van der Waals surface area (Å²) in [5.74, 6) is -0.0882. The summed E-state index contributed by atoms with van der Waals surface area (Å²) < 4.78 is 0. The van der Waals surface area contributed by atoms with Gasteiger partial charge in [0, 0.05) is 5.69 Å². The lowest BCUT2D eigenvalue weighted by atomic mass is 10.1. The van der Waals surface area contributed by atoms with Gasteiger partial charge in [0.15, 0.2) is 0 Å². The molecular weight excluding hydrogens is 236 g/mol. The minimum absolute atomic E-state index is 0.0882. The third-order valence-corrected chi connectivity index (χ3v) is 3.25. The van der Waals surface area contributed by atoms with E-state index in [2.05, 4.69) is 31.3 Å². The van der Waals surface area contributed by atoms with Crippen molar-refractivity contribution < 1.29 is 4.79 Å². The maximum absolute atomic E-state index is 11.8. The monoisotopic (exact) mass is 262 g/mol. The van der Waals surface area contributed by atoms with Gasteiger partial charge in [-0.15, -0.1) is 0 Å². The van der Waals surface area contributed by atoms with Gasteiger partial charge in [-0.05, 0) is 37.0 Å². The van der Waals surface area contributed by atoms with Crippen LogP contribution in [-0.2, 0) is 11.2 Å². The largest absolute Gasteiger partial charge is 0.325 e. The van der Waals surface area contributed by atoms with Crippen molar-refractivity contribution in [3.8, 4) is 0 Å². The molecule has 0 saturated carbocycles. The minimum atomic E-state index is -0.403. The molecule has 106 valence electrons. The van der Waals surface area contributed by atoms with E-state index >= 15 is 0 Å². The van der Waals surface area contributed by atoms with Crippen LogP contribution in [0.15, 0.2) is 24.3 Å². The van der Waals surface area contributed by atoms with Crippen LogP contribution in [0.5, 0.6) is 0 Å². The second-order valence-electron chi connectivity index (χ2n) is 5.04. The standard InChI is InChI=1S/C16H26N2O/c1-3-5-7-13-9-11-14(12-10-13)18-16(19)15(17)8-6-4-2/h9-12,15H,3-8,17H2,1-2H3,(H,18,19). The molecule has 1 atom stereocenters. The molecule has 3 heteroatoms. The smallest absolute Gasteiger partial charge is 0.241 e. The lowest BCUT2D eigenvalue weighted by Crippen LogP contribution is -2.35. The van der Waals surface area contributed by atoms with Crippen LogP contribution in [0.3, 0.4) is 0 Å². The van der Waals surface area contributed by atoms with E-state index in [-0.39, 0.29) is 5.91 Å². The van der Waals surface area contributed by atoms with Gasteiger partial charge in [-0.25, -0.2) is 0 Å². The van der Waals surface area contributed by atoms with Gasteiger partial charge in [0.05, 0.1) is 6.04 Å². The SMILES string of the molecule is CCCCc1ccc(NC(=O)C(N)CCCC)cc1. The number of rotatable bonds is 8. The summed E-state index contributed by atoms with van der Waals surface area (Å²) in [5.41, 5.74) is 7.98. The van der Waals surface area contributed by atoms with E-state index in [9.17, 15) is 4.79 Å². The summed E-state index contributed by atoms with van der Waals surface area (Å²) in [7, 11) is 0. The zero-order valence-corrected chi connectivity index (χ0v) is 12.1. The van der Waals surface area contributed by atoms with E-state index in [0.717, 1.165) is 31.4 Å². The zero-order valence-electron chi connectivity index (χ0n) is 12.1. The number of anilines is 1. The molecule has 0 aliphatic rings. The van der Waals surface area contributed by atoms with Crippen molar-refractivity contribution in [1.29, 1.82) is 0 Å². The van der Waals surface area contributed by atoms with Gasteiger partial charge in [-0.1, -0.05) is 45.2 Å². The normalized spacial score (nSPS) is 12.2. The fraction of sp³-hybridized carbons (Fsp3) is 0.562. The zero-order chi connectivity index (χ0) is 14.1. The molecule has 1 rings (SSSR count). The molecule has 0 bridgehead atoms. The summed E-state index contributed by atoms with van der Waals surface area (Å²) in [6.45, 7) is 4.28. The molecular formula is C16H26N2O. The first kappa shape index (κ1) is 15.7. The molecule has 1 amide bonds. The van der Waals surface area contributed by atoms with E-state index in [1.54, 1.807) is 0 Å². The van der Waals surface area contributed by atoms with Gasteiger partial charge in [-0.3, -0.25) is 4.79 Å². The number of unbranched alkanes of at least 4 members (excludes halogenated alkanes) is 2. The number of carbonyl (C=O) groups excluding carboxylic acids is 1. The predicted octanol–water partition coefficient (Wildman–Crippen LogP) is 3.49. The molecule has 3 nitrogen and oxygen atoms in total. The second-order valence-corrected chi connectivity index (χ2v) is 5.04. The molecule has 0 aliphatic heterocycles. The summed E-state index contributed by atoms with van der Waals surface area (Å²) in [5, 5.41) is 2.87. The van der Waals surface area contributed by atoms with Crippen LogP contribution in [0.2, 0.25) is 0 Å². The maximum atomic E-state index is 11.8. The first-order valence-electron chi connectivity index (χ1n) is 7.32. The predicted molar refractivity (Wildman–Crippen MR) is 81.2 cm³/mol. The first-order chi connectivity index (χ1) is 9.17. The number of nitrogens with one attached hydrogen (secondary N) is 1. The molecule has 1 unspecified atom stereocenters. The molecule has 1 aromatic carbocycles. The Hall–Kier alpha value is -1.35. The van der Waals surface area contributed by atoms with Crippen molar-refractivity contribution in [2.24, 2.45) is 5.73 Å². The number of nitrogens with two attached hydrogens (primary N) is 1. The Kier molecular flexibility index (Phi) is 7.19. The number of hydrogen-bond acceptors (Lipinski definition) is 2. The van der Waals surface area contributed by atoms with E-state index in [0.29, 0.717) is 0 Å². The van der Waals surface area contributed by atoms with Gasteiger partial charge in [0.1, 0.15) is 0 Å². The average molecular weight is 262 g/mol. The average Bonchev–Trinajstić information content (AvgIpc) is 2.43. The number of amides is 1. The minimum Gasteiger partial charge on any atom is -0.325 e. The van der Waals surface area contributed by atoms with Crippen LogP contribution in [-0.4, -0.2) is 11.9 Å². The Balaban J connectivity index is 2.45. The Morgan fingerprint density at radius 2 is 1.79 bits per heavy atom.